The predicted octanol–water partition coefficient (Wildman–Crippen LogP) is -0.285. The van der Waals surface area contributed by atoms with E-state index in [9.17, 15) is 0 Å². The minimum atomic E-state index is -2.17. The van der Waals surface area contributed by atoms with Gasteiger partial charge in [0.1, 0.15) is 0 Å². The molecule has 0 spiro atoms. The number of hydrogen-bond acceptors (Lipinski definition) is 4. The van der Waals surface area contributed by atoms with Crippen molar-refractivity contribution in [3.8, 4) is 0 Å². The Morgan fingerprint density at radius 1 is 0.778 bits per heavy atom. The highest BCUT2D eigenvalue weighted by Crippen LogP contribution is 1.40. The Labute approximate surface area is 55.9 Å². The molecular weight excluding hydrogens is 121 g/mol. The molecule has 0 aliphatic rings. The van der Waals surface area contributed by atoms with Crippen LogP contribution in [0.25, 0.3) is 0 Å². The van der Waals surface area contributed by atoms with Crippen LogP contribution in [-0.4, -0.2) is 22.4 Å². The molecule has 0 radical (unpaired) electrons. The maximum Gasteiger partial charge on any atom is 0.631 e. The van der Waals surface area contributed by atoms with Crippen LogP contribution >= 0.6 is 0 Å². The highest BCUT2D eigenvalue weighted by molar-refractivity contribution is 6.30. The summed E-state index contributed by atoms with van der Waals surface area (Å²) in [5, 5.41) is 21.5. The average molecular weight is 135 g/mol. The van der Waals surface area contributed by atoms with Crippen molar-refractivity contribution in [2.24, 2.45) is 0 Å². The van der Waals surface area contributed by atoms with Gasteiger partial charge in [0.2, 0.25) is 0 Å². The largest absolute Gasteiger partial charge is 0.631 e. The Morgan fingerprint density at radius 3 is 0.778 bits per heavy atom. The zero-order valence-electron chi connectivity index (χ0n) is 5.45. The summed E-state index contributed by atoms with van der Waals surface area (Å²) in [7, 11) is -2.17. The molecule has 0 unspecified atom stereocenters. The van der Waals surface area contributed by atoms with Crippen molar-refractivity contribution in [3.05, 3.63) is 26.3 Å². The molecule has 4 nitrogen and oxygen atoms in total. The van der Waals surface area contributed by atoms with E-state index in [-0.39, 0.29) is 6.15 Å². The summed E-state index contributed by atoms with van der Waals surface area (Å²) < 4.78 is 0. The van der Waals surface area contributed by atoms with E-state index in [1.165, 1.54) is 0 Å². The van der Waals surface area contributed by atoms with Gasteiger partial charge in [-0.15, -0.1) is 26.3 Å². The fraction of sp³-hybridized carbons (Fsp3) is 0. The van der Waals surface area contributed by atoms with Gasteiger partial charge in [-0.05, 0) is 0 Å². The van der Waals surface area contributed by atoms with Gasteiger partial charge in [0, 0.05) is 0 Å². The van der Waals surface area contributed by atoms with Crippen LogP contribution in [0.2, 0.25) is 0 Å². The quantitative estimate of drug-likeness (QED) is 0.271. The first-order valence-electron chi connectivity index (χ1n) is 1.77. The maximum atomic E-state index is 7.17. The molecule has 56 valence electrons. The normalized spacial score (nSPS) is 3.89. The lowest BCUT2D eigenvalue weighted by Gasteiger charge is -1.69. The summed E-state index contributed by atoms with van der Waals surface area (Å²) in [6.07, 6.45) is 0. The summed E-state index contributed by atoms with van der Waals surface area (Å²) in [5.41, 5.74) is 0. The zero-order valence-corrected chi connectivity index (χ0v) is 5.45. The third-order valence-corrected chi connectivity index (χ3v) is 0. The molecule has 0 atom stereocenters. The molecule has 0 aliphatic heterocycles. The van der Waals surface area contributed by atoms with Crippen LogP contribution in [-0.2, 0) is 0 Å². The molecule has 0 aromatic carbocycles. The van der Waals surface area contributed by atoms with E-state index < -0.39 is 7.32 Å². The molecule has 0 aromatic heterocycles. The maximum absolute atomic E-state index is 7.17. The molecule has 5 heteroatoms. The molecule has 0 saturated heterocycles. The van der Waals surface area contributed by atoms with Crippen molar-refractivity contribution in [1.82, 2.24) is 6.15 Å². The Morgan fingerprint density at radius 2 is 0.778 bits per heavy atom. The second-order valence-corrected chi connectivity index (χ2v) is 0.346. The van der Waals surface area contributed by atoms with Gasteiger partial charge in [0.25, 0.3) is 0 Å². The SMILES string of the molecule is C=C.C=C.N.OB(O)O. The lowest BCUT2D eigenvalue weighted by Crippen LogP contribution is -2.07. The standard InChI is InChI=1S/2C2H4.BH3O3.H3N/c2*1-2;2-1(3)4;/h2*1-2H2;2-4H;1H3. The molecule has 6 N–H and O–H groups in total. The van der Waals surface area contributed by atoms with Gasteiger partial charge in [-0.25, -0.2) is 0 Å². The summed E-state index contributed by atoms with van der Waals surface area (Å²) in [6, 6.07) is 0. The fourth-order valence-electron chi connectivity index (χ4n) is 0. The summed E-state index contributed by atoms with van der Waals surface area (Å²) in [6.45, 7) is 12.0. The predicted molar refractivity (Wildman–Crippen MR) is 39.9 cm³/mol. The monoisotopic (exact) mass is 135 g/mol. The van der Waals surface area contributed by atoms with Crippen molar-refractivity contribution < 1.29 is 15.1 Å². The first-order valence-corrected chi connectivity index (χ1v) is 1.77. The first kappa shape index (κ1) is 23.8. The highest BCUT2D eigenvalue weighted by atomic mass is 16.5. The lowest BCUT2D eigenvalue weighted by molar-refractivity contribution is 0.278. The Kier molecular flexibility index (Phi) is 140. The Hall–Kier alpha value is -0.615. The van der Waals surface area contributed by atoms with Crippen LogP contribution in [0.4, 0.5) is 0 Å². The molecule has 0 saturated carbocycles. The minimum absolute atomic E-state index is 0. The fourth-order valence-corrected chi connectivity index (χ4v) is 0. The van der Waals surface area contributed by atoms with Gasteiger partial charge in [0.15, 0.2) is 0 Å². The number of rotatable bonds is 0. The summed E-state index contributed by atoms with van der Waals surface area (Å²) in [5.74, 6) is 0. The van der Waals surface area contributed by atoms with Crippen molar-refractivity contribution in [2.45, 2.75) is 0 Å². The summed E-state index contributed by atoms with van der Waals surface area (Å²) >= 11 is 0. The van der Waals surface area contributed by atoms with Gasteiger partial charge < -0.3 is 21.2 Å². The van der Waals surface area contributed by atoms with Crippen LogP contribution in [0, 0.1) is 0 Å². The minimum Gasteiger partial charge on any atom is -0.402 e. The number of hydrogen-bond donors (Lipinski definition) is 4. The highest BCUT2D eigenvalue weighted by Gasteiger charge is 1.92. The third kappa shape index (κ3) is 566. The van der Waals surface area contributed by atoms with E-state index in [1.54, 1.807) is 0 Å². The van der Waals surface area contributed by atoms with Gasteiger partial charge in [-0.3, -0.25) is 0 Å². The molecule has 0 rings (SSSR count). The van der Waals surface area contributed by atoms with Crippen LogP contribution < -0.4 is 6.15 Å². The molecule has 0 aliphatic carbocycles. The molecule has 0 amide bonds. The first-order chi connectivity index (χ1) is 3.73. The molecule has 0 bridgehead atoms. The second kappa shape index (κ2) is 52.9. The van der Waals surface area contributed by atoms with E-state index >= 15 is 0 Å². The van der Waals surface area contributed by atoms with Crippen molar-refractivity contribution in [1.29, 1.82) is 0 Å². The zero-order chi connectivity index (χ0) is 7.58. The van der Waals surface area contributed by atoms with E-state index in [2.05, 4.69) is 26.3 Å². The van der Waals surface area contributed by atoms with Crippen LogP contribution in [0.5, 0.6) is 0 Å². The Bertz CT molecular complexity index is 32.2. The second-order valence-electron chi connectivity index (χ2n) is 0.346. The van der Waals surface area contributed by atoms with E-state index in [4.69, 9.17) is 15.1 Å². The van der Waals surface area contributed by atoms with Crippen molar-refractivity contribution in [3.63, 3.8) is 0 Å². The van der Waals surface area contributed by atoms with Gasteiger partial charge in [-0.1, -0.05) is 0 Å². The van der Waals surface area contributed by atoms with Crippen LogP contribution in [0.1, 0.15) is 0 Å². The van der Waals surface area contributed by atoms with Gasteiger partial charge in [0.05, 0.1) is 0 Å². The average Bonchev–Trinajstić information content (AvgIpc) is 1.75. The topological polar surface area (TPSA) is 95.7 Å². The van der Waals surface area contributed by atoms with Crippen molar-refractivity contribution in [2.75, 3.05) is 0 Å². The summed E-state index contributed by atoms with van der Waals surface area (Å²) in [4.78, 5) is 0. The van der Waals surface area contributed by atoms with Crippen LogP contribution in [0.15, 0.2) is 26.3 Å². The molecule has 9 heavy (non-hydrogen) atoms. The smallest absolute Gasteiger partial charge is 0.402 e. The van der Waals surface area contributed by atoms with E-state index in [1.807, 2.05) is 0 Å². The molecule has 0 heterocycles. The molecule has 0 aromatic rings. The molecular formula is C4H14BNO3. The van der Waals surface area contributed by atoms with Gasteiger partial charge >= 0.3 is 7.32 Å². The van der Waals surface area contributed by atoms with Crippen molar-refractivity contribution >= 4 is 7.32 Å². The van der Waals surface area contributed by atoms with E-state index in [0.29, 0.717) is 0 Å². The lowest BCUT2D eigenvalue weighted by atomic mass is 10.3. The molecule has 0 fully saturated rings. The Balaban J connectivity index is -0.0000000221. The van der Waals surface area contributed by atoms with E-state index in [0.717, 1.165) is 0 Å². The van der Waals surface area contributed by atoms with Gasteiger partial charge in [-0.2, -0.15) is 0 Å². The van der Waals surface area contributed by atoms with Crippen LogP contribution in [0.3, 0.4) is 0 Å². The third-order valence-electron chi connectivity index (χ3n) is 0.